The van der Waals surface area contributed by atoms with Crippen LogP contribution in [0.4, 0.5) is 0 Å². The second-order valence-electron chi connectivity index (χ2n) is 5.66. The molecule has 0 aromatic heterocycles. The summed E-state index contributed by atoms with van der Waals surface area (Å²) in [6, 6.07) is 0.267. The van der Waals surface area contributed by atoms with Gasteiger partial charge in [0.05, 0.1) is 0 Å². The van der Waals surface area contributed by atoms with Crippen LogP contribution in [-0.2, 0) is 9.59 Å². The lowest BCUT2D eigenvalue weighted by molar-refractivity contribution is -0.141. The van der Waals surface area contributed by atoms with Gasteiger partial charge in [-0.25, -0.2) is 4.79 Å². The number of hydrogen-bond acceptors (Lipinski definition) is 3. The average Bonchev–Trinajstić information content (AvgIpc) is 2.68. The number of carboxylic acids is 1. The van der Waals surface area contributed by atoms with Crippen molar-refractivity contribution in [1.29, 1.82) is 0 Å². The number of nitrogens with one attached hydrogen (secondary N) is 2. The minimum absolute atomic E-state index is 0.152. The number of carbonyl (C=O) groups excluding carboxylic acids is 1. The quantitative estimate of drug-likeness (QED) is 0.628. The average molecular weight is 266 g/mol. The Morgan fingerprint density at radius 2 is 2.00 bits per heavy atom. The van der Waals surface area contributed by atoms with Crippen molar-refractivity contribution in [3.8, 4) is 0 Å². The van der Waals surface area contributed by atoms with E-state index in [-0.39, 0.29) is 12.3 Å². The van der Waals surface area contributed by atoms with Gasteiger partial charge in [-0.2, -0.15) is 0 Å². The zero-order valence-electron chi connectivity index (χ0n) is 11.1. The highest BCUT2D eigenvalue weighted by Gasteiger charge is 2.34. The fourth-order valence-corrected chi connectivity index (χ4v) is 3.25. The monoisotopic (exact) mass is 266 g/mol. The van der Waals surface area contributed by atoms with Crippen molar-refractivity contribution in [2.75, 3.05) is 0 Å². The number of aliphatic carboxylic acids is 1. The van der Waals surface area contributed by atoms with Gasteiger partial charge in [-0.05, 0) is 38.0 Å². The maximum absolute atomic E-state index is 11.9. The van der Waals surface area contributed by atoms with Crippen molar-refractivity contribution in [1.82, 2.24) is 10.6 Å². The molecule has 2 fully saturated rings. The molecular formula is C14H22N2O3. The third-order valence-corrected chi connectivity index (χ3v) is 4.08. The SMILES string of the molecule is C=CCC(NC(=O)CC1CC2CCC(C1)N2)C(=O)O. The Bertz CT molecular complexity index is 358. The zero-order valence-corrected chi connectivity index (χ0v) is 11.1. The first-order chi connectivity index (χ1) is 9.08. The molecule has 2 saturated heterocycles. The van der Waals surface area contributed by atoms with Crippen LogP contribution >= 0.6 is 0 Å². The Morgan fingerprint density at radius 3 is 2.53 bits per heavy atom. The molecule has 2 bridgehead atoms. The van der Waals surface area contributed by atoms with Gasteiger partial charge in [-0.3, -0.25) is 4.79 Å². The lowest BCUT2D eigenvalue weighted by Gasteiger charge is -2.28. The van der Waals surface area contributed by atoms with Gasteiger partial charge >= 0.3 is 5.97 Å². The number of amides is 1. The molecule has 0 aromatic carbocycles. The van der Waals surface area contributed by atoms with E-state index in [0.717, 1.165) is 12.8 Å². The van der Waals surface area contributed by atoms with Gasteiger partial charge in [0.15, 0.2) is 0 Å². The molecule has 0 aromatic rings. The molecule has 5 heteroatoms. The third-order valence-electron chi connectivity index (χ3n) is 4.08. The first-order valence-corrected chi connectivity index (χ1v) is 6.97. The van der Waals surface area contributed by atoms with Crippen LogP contribution in [0.1, 0.15) is 38.5 Å². The molecule has 5 nitrogen and oxygen atoms in total. The second-order valence-corrected chi connectivity index (χ2v) is 5.66. The fourth-order valence-electron chi connectivity index (χ4n) is 3.25. The van der Waals surface area contributed by atoms with E-state index in [9.17, 15) is 9.59 Å². The van der Waals surface area contributed by atoms with E-state index in [0.29, 0.717) is 24.4 Å². The largest absolute Gasteiger partial charge is 0.480 e. The van der Waals surface area contributed by atoms with Crippen LogP contribution in [0.2, 0.25) is 0 Å². The molecule has 2 aliphatic rings. The standard InChI is InChI=1S/C14H22N2O3/c1-2-3-12(14(18)19)16-13(17)8-9-6-10-4-5-11(7-9)15-10/h2,9-12,15H,1,3-8H2,(H,16,17)(H,18,19). The van der Waals surface area contributed by atoms with Gasteiger partial charge < -0.3 is 15.7 Å². The Kier molecular flexibility index (Phi) is 4.58. The smallest absolute Gasteiger partial charge is 0.326 e. The predicted molar refractivity (Wildman–Crippen MR) is 71.7 cm³/mol. The summed E-state index contributed by atoms with van der Waals surface area (Å²) in [6.07, 6.45) is 6.69. The van der Waals surface area contributed by atoms with Gasteiger partial charge in [0.1, 0.15) is 6.04 Å². The Labute approximate surface area is 113 Å². The first kappa shape index (κ1) is 14.1. The van der Waals surface area contributed by atoms with Crippen LogP contribution in [0.25, 0.3) is 0 Å². The fraction of sp³-hybridized carbons (Fsp3) is 0.714. The Balaban J connectivity index is 1.80. The second kappa shape index (κ2) is 6.19. The van der Waals surface area contributed by atoms with Crippen molar-refractivity contribution < 1.29 is 14.7 Å². The molecule has 3 N–H and O–H groups in total. The molecule has 0 spiro atoms. The summed E-state index contributed by atoms with van der Waals surface area (Å²) >= 11 is 0. The molecule has 2 heterocycles. The highest BCUT2D eigenvalue weighted by molar-refractivity contribution is 5.83. The van der Waals surface area contributed by atoms with Crippen LogP contribution in [-0.4, -0.2) is 35.1 Å². The molecule has 19 heavy (non-hydrogen) atoms. The predicted octanol–water partition coefficient (Wildman–Crippen LogP) is 1.05. The summed E-state index contributed by atoms with van der Waals surface area (Å²) in [4.78, 5) is 22.9. The van der Waals surface area contributed by atoms with Crippen LogP contribution in [0, 0.1) is 5.92 Å². The highest BCUT2D eigenvalue weighted by atomic mass is 16.4. The van der Waals surface area contributed by atoms with Gasteiger partial charge in [0.25, 0.3) is 0 Å². The van der Waals surface area contributed by atoms with Gasteiger partial charge in [0.2, 0.25) is 5.91 Å². The number of rotatable bonds is 6. The summed E-state index contributed by atoms with van der Waals surface area (Å²) in [5.41, 5.74) is 0. The topological polar surface area (TPSA) is 78.4 Å². The molecule has 0 radical (unpaired) electrons. The van der Waals surface area contributed by atoms with E-state index < -0.39 is 12.0 Å². The molecule has 0 saturated carbocycles. The Morgan fingerprint density at radius 1 is 1.37 bits per heavy atom. The summed E-state index contributed by atoms with van der Waals surface area (Å²) in [5.74, 6) is -0.767. The highest BCUT2D eigenvalue weighted by Crippen LogP contribution is 2.32. The Hall–Kier alpha value is -1.36. The number of hydrogen-bond donors (Lipinski definition) is 3. The zero-order chi connectivity index (χ0) is 13.8. The molecular weight excluding hydrogens is 244 g/mol. The van der Waals surface area contributed by atoms with Crippen molar-refractivity contribution in [3.05, 3.63) is 12.7 Å². The minimum atomic E-state index is -1.00. The third kappa shape index (κ3) is 3.80. The molecule has 2 rings (SSSR count). The number of carboxylic acid groups (broad SMARTS) is 1. The molecule has 3 atom stereocenters. The van der Waals surface area contributed by atoms with E-state index in [1.165, 1.54) is 18.9 Å². The van der Waals surface area contributed by atoms with Crippen molar-refractivity contribution in [2.45, 2.75) is 56.7 Å². The number of piperidine rings is 1. The summed E-state index contributed by atoms with van der Waals surface area (Å²) in [6.45, 7) is 3.51. The van der Waals surface area contributed by atoms with Gasteiger partial charge in [0, 0.05) is 18.5 Å². The molecule has 3 unspecified atom stereocenters. The summed E-state index contributed by atoms with van der Waals surface area (Å²) < 4.78 is 0. The molecule has 0 aliphatic carbocycles. The van der Waals surface area contributed by atoms with E-state index in [2.05, 4.69) is 17.2 Å². The van der Waals surface area contributed by atoms with Crippen LogP contribution in [0.3, 0.4) is 0 Å². The summed E-state index contributed by atoms with van der Waals surface area (Å²) in [7, 11) is 0. The van der Waals surface area contributed by atoms with E-state index in [1.807, 2.05) is 0 Å². The van der Waals surface area contributed by atoms with E-state index in [1.54, 1.807) is 0 Å². The van der Waals surface area contributed by atoms with Crippen molar-refractivity contribution in [2.24, 2.45) is 5.92 Å². The van der Waals surface area contributed by atoms with Crippen molar-refractivity contribution in [3.63, 3.8) is 0 Å². The normalized spacial score (nSPS) is 30.6. The van der Waals surface area contributed by atoms with E-state index in [4.69, 9.17) is 5.11 Å². The lowest BCUT2D eigenvalue weighted by Crippen LogP contribution is -2.43. The van der Waals surface area contributed by atoms with E-state index >= 15 is 0 Å². The summed E-state index contributed by atoms with van der Waals surface area (Å²) in [5, 5.41) is 15.1. The minimum Gasteiger partial charge on any atom is -0.480 e. The van der Waals surface area contributed by atoms with Crippen LogP contribution < -0.4 is 10.6 Å². The van der Waals surface area contributed by atoms with Crippen LogP contribution in [0.15, 0.2) is 12.7 Å². The molecule has 1 amide bonds. The van der Waals surface area contributed by atoms with Gasteiger partial charge in [-0.15, -0.1) is 6.58 Å². The maximum atomic E-state index is 11.9. The number of carbonyl (C=O) groups is 2. The first-order valence-electron chi connectivity index (χ1n) is 6.97. The lowest BCUT2D eigenvalue weighted by atomic mass is 9.89. The molecule has 2 aliphatic heterocycles. The maximum Gasteiger partial charge on any atom is 0.326 e. The van der Waals surface area contributed by atoms with Gasteiger partial charge in [-0.1, -0.05) is 6.08 Å². The molecule has 106 valence electrons. The number of fused-ring (bicyclic) bond motifs is 2. The van der Waals surface area contributed by atoms with Crippen LogP contribution in [0.5, 0.6) is 0 Å². The van der Waals surface area contributed by atoms with Crippen molar-refractivity contribution >= 4 is 11.9 Å².